The van der Waals surface area contributed by atoms with Crippen molar-refractivity contribution in [3.63, 3.8) is 0 Å². The van der Waals surface area contributed by atoms with E-state index in [0.29, 0.717) is 17.5 Å². The van der Waals surface area contributed by atoms with Gasteiger partial charge in [-0.1, -0.05) is 30.3 Å². The highest BCUT2D eigenvalue weighted by atomic mass is 16.2. The maximum Gasteiger partial charge on any atom is 0.325 e. The zero-order chi connectivity index (χ0) is 19.3. The normalized spacial score (nSPS) is 21.0. The number of nitrogens with zero attached hydrogens (tertiary/aromatic N) is 3. The zero-order valence-corrected chi connectivity index (χ0v) is 15.2. The summed E-state index contributed by atoms with van der Waals surface area (Å²) in [4.78, 5) is 27.5. The van der Waals surface area contributed by atoms with E-state index in [9.17, 15) is 14.9 Å². The second kappa shape index (κ2) is 5.96. The van der Waals surface area contributed by atoms with Gasteiger partial charge >= 0.3 is 6.03 Å². The summed E-state index contributed by atoms with van der Waals surface area (Å²) in [5, 5.41) is 12.6. The van der Waals surface area contributed by atoms with Crippen molar-refractivity contribution in [1.29, 1.82) is 5.26 Å². The molecule has 6 heteroatoms. The summed E-state index contributed by atoms with van der Waals surface area (Å²) >= 11 is 0. The van der Waals surface area contributed by atoms with Crippen LogP contribution in [0.4, 0.5) is 4.79 Å². The van der Waals surface area contributed by atoms with Crippen LogP contribution in [0.2, 0.25) is 0 Å². The van der Waals surface area contributed by atoms with E-state index >= 15 is 0 Å². The van der Waals surface area contributed by atoms with Crippen LogP contribution in [-0.2, 0) is 23.3 Å². The summed E-state index contributed by atoms with van der Waals surface area (Å²) in [5.41, 5.74) is 2.94. The van der Waals surface area contributed by atoms with E-state index < -0.39 is 11.6 Å². The smallest absolute Gasteiger partial charge is 0.322 e. The zero-order valence-electron chi connectivity index (χ0n) is 15.2. The van der Waals surface area contributed by atoms with Crippen LogP contribution < -0.4 is 5.32 Å². The van der Waals surface area contributed by atoms with E-state index in [4.69, 9.17) is 0 Å². The number of aryl methyl sites for hydroxylation is 1. The molecule has 1 unspecified atom stereocenters. The van der Waals surface area contributed by atoms with Crippen molar-refractivity contribution in [2.75, 3.05) is 0 Å². The minimum Gasteiger partial charge on any atom is -0.322 e. The van der Waals surface area contributed by atoms with Crippen LogP contribution in [0.1, 0.15) is 35.1 Å². The summed E-state index contributed by atoms with van der Waals surface area (Å²) in [6.45, 7) is 0.0825. The summed E-state index contributed by atoms with van der Waals surface area (Å²) < 4.78 is 1.85. The second-order valence-electron chi connectivity index (χ2n) is 7.37. The standard InChI is InChI=1S/C22H18N4O2/c23-12-17-16(13-25-11-4-3-9-19(17)25)14-26-20(27)22(24-21(26)28)10-5-7-15-6-1-2-8-18(15)22/h1-4,6,8-9,11,13H,5,7,10,14H2,(H,24,28). The Bertz CT molecular complexity index is 1170. The minimum absolute atomic E-state index is 0.0825. The average Bonchev–Trinajstić information content (AvgIpc) is 3.19. The fourth-order valence-corrected chi connectivity index (χ4v) is 4.55. The molecule has 1 atom stereocenters. The number of urea groups is 1. The number of aromatic nitrogens is 1. The third kappa shape index (κ3) is 2.20. The van der Waals surface area contributed by atoms with Crippen LogP contribution in [0.25, 0.3) is 5.52 Å². The Morgan fingerprint density at radius 2 is 1.96 bits per heavy atom. The molecule has 3 heterocycles. The first-order valence-corrected chi connectivity index (χ1v) is 9.35. The molecule has 3 amide bonds. The Hall–Kier alpha value is -3.59. The summed E-state index contributed by atoms with van der Waals surface area (Å²) in [6, 6.07) is 15.2. The molecule has 0 saturated carbocycles. The molecule has 138 valence electrons. The first-order valence-electron chi connectivity index (χ1n) is 9.35. The van der Waals surface area contributed by atoms with Crippen LogP contribution in [0, 0.1) is 11.3 Å². The van der Waals surface area contributed by atoms with Gasteiger partial charge in [0.1, 0.15) is 11.6 Å². The third-order valence-electron chi connectivity index (χ3n) is 5.85. The fraction of sp³-hybridized carbons (Fsp3) is 0.227. The van der Waals surface area contributed by atoms with Gasteiger partial charge in [-0.3, -0.25) is 9.69 Å². The first kappa shape index (κ1) is 16.6. The van der Waals surface area contributed by atoms with Crippen molar-refractivity contribution in [3.05, 3.63) is 77.1 Å². The number of fused-ring (bicyclic) bond motifs is 3. The number of benzene rings is 1. The monoisotopic (exact) mass is 370 g/mol. The molecular formula is C22H18N4O2. The molecule has 3 aromatic rings. The van der Waals surface area contributed by atoms with E-state index in [1.807, 2.05) is 59.3 Å². The maximum atomic E-state index is 13.4. The minimum atomic E-state index is -0.988. The Balaban J connectivity index is 1.55. The first-order chi connectivity index (χ1) is 13.6. The summed E-state index contributed by atoms with van der Waals surface area (Å²) in [7, 11) is 0. The van der Waals surface area contributed by atoms with Gasteiger partial charge in [0.25, 0.3) is 5.91 Å². The number of hydrogen-bond donors (Lipinski definition) is 1. The lowest BCUT2D eigenvalue weighted by molar-refractivity contribution is -0.132. The van der Waals surface area contributed by atoms with Crippen LogP contribution >= 0.6 is 0 Å². The number of rotatable bonds is 2. The topological polar surface area (TPSA) is 77.6 Å². The van der Waals surface area contributed by atoms with Gasteiger partial charge < -0.3 is 9.72 Å². The van der Waals surface area contributed by atoms with Crippen molar-refractivity contribution >= 4 is 17.5 Å². The maximum absolute atomic E-state index is 13.4. The van der Waals surface area contributed by atoms with Crippen molar-refractivity contribution < 1.29 is 9.59 Å². The molecule has 6 nitrogen and oxygen atoms in total. The highest BCUT2D eigenvalue weighted by Crippen LogP contribution is 2.40. The molecule has 1 aliphatic heterocycles. The molecule has 2 aromatic heterocycles. The van der Waals surface area contributed by atoms with Gasteiger partial charge in [0.05, 0.1) is 17.6 Å². The number of carbonyl (C=O) groups excluding carboxylic acids is 2. The Morgan fingerprint density at radius 1 is 1.14 bits per heavy atom. The van der Waals surface area contributed by atoms with Crippen molar-refractivity contribution in [2.45, 2.75) is 31.3 Å². The molecule has 0 bridgehead atoms. The molecule has 0 radical (unpaired) electrons. The number of pyridine rings is 1. The molecule has 28 heavy (non-hydrogen) atoms. The summed E-state index contributed by atoms with van der Waals surface area (Å²) in [6.07, 6.45) is 6.01. The molecule has 1 aromatic carbocycles. The quantitative estimate of drug-likeness (QED) is 0.704. The lowest BCUT2D eigenvalue weighted by Gasteiger charge is -2.33. The van der Waals surface area contributed by atoms with Gasteiger partial charge in [0, 0.05) is 18.0 Å². The van der Waals surface area contributed by atoms with Gasteiger partial charge in [-0.15, -0.1) is 0 Å². The Morgan fingerprint density at radius 3 is 2.82 bits per heavy atom. The average molecular weight is 370 g/mol. The fourth-order valence-electron chi connectivity index (χ4n) is 4.55. The van der Waals surface area contributed by atoms with E-state index in [1.165, 1.54) is 4.90 Å². The number of carbonyl (C=O) groups is 2. The van der Waals surface area contributed by atoms with E-state index in [2.05, 4.69) is 11.4 Å². The molecule has 2 aliphatic rings. The summed E-state index contributed by atoms with van der Waals surface area (Å²) in [5.74, 6) is -0.233. The van der Waals surface area contributed by atoms with Crippen LogP contribution in [0.15, 0.2) is 54.9 Å². The van der Waals surface area contributed by atoms with Crippen LogP contribution in [0.5, 0.6) is 0 Å². The van der Waals surface area contributed by atoms with Gasteiger partial charge in [-0.05, 0) is 42.5 Å². The number of hydrogen-bond acceptors (Lipinski definition) is 3. The highest BCUT2D eigenvalue weighted by Gasteiger charge is 2.53. The third-order valence-corrected chi connectivity index (χ3v) is 5.85. The number of amides is 3. The van der Waals surface area contributed by atoms with Crippen LogP contribution in [-0.4, -0.2) is 21.2 Å². The van der Waals surface area contributed by atoms with Gasteiger partial charge in [-0.2, -0.15) is 5.26 Å². The SMILES string of the molecule is N#Cc1c(CN2C(=O)NC3(CCCc4ccccc43)C2=O)cn2ccccc12. The molecule has 1 N–H and O–H groups in total. The second-order valence-corrected chi connectivity index (χ2v) is 7.37. The number of imide groups is 1. The van der Waals surface area contributed by atoms with Crippen molar-refractivity contribution in [2.24, 2.45) is 0 Å². The van der Waals surface area contributed by atoms with E-state index in [-0.39, 0.29) is 12.5 Å². The van der Waals surface area contributed by atoms with E-state index in [1.54, 1.807) is 0 Å². The van der Waals surface area contributed by atoms with Crippen molar-refractivity contribution in [1.82, 2.24) is 14.6 Å². The number of nitriles is 1. The van der Waals surface area contributed by atoms with Crippen molar-refractivity contribution in [3.8, 4) is 6.07 Å². The molecule has 1 aliphatic carbocycles. The molecule has 1 spiro atoms. The Labute approximate surface area is 162 Å². The van der Waals surface area contributed by atoms with Gasteiger partial charge in [-0.25, -0.2) is 4.79 Å². The number of nitrogens with one attached hydrogen (secondary N) is 1. The molecular weight excluding hydrogens is 352 g/mol. The molecule has 5 rings (SSSR count). The van der Waals surface area contributed by atoms with Gasteiger partial charge in [0.15, 0.2) is 0 Å². The van der Waals surface area contributed by atoms with E-state index in [0.717, 1.165) is 29.5 Å². The highest BCUT2D eigenvalue weighted by molar-refractivity contribution is 6.07. The predicted octanol–water partition coefficient (Wildman–Crippen LogP) is 3.09. The lowest BCUT2D eigenvalue weighted by atomic mass is 9.76. The molecule has 1 saturated heterocycles. The lowest BCUT2D eigenvalue weighted by Crippen LogP contribution is -2.46. The van der Waals surface area contributed by atoms with Gasteiger partial charge in [0.2, 0.25) is 0 Å². The molecule has 1 fully saturated rings. The largest absolute Gasteiger partial charge is 0.325 e. The van der Waals surface area contributed by atoms with Crippen LogP contribution in [0.3, 0.4) is 0 Å². The predicted molar refractivity (Wildman–Crippen MR) is 102 cm³/mol. The Kier molecular flexibility index (Phi) is 3.53.